The second-order valence-corrected chi connectivity index (χ2v) is 8.46. The molecule has 2 N–H and O–H groups in total. The molecule has 0 saturated carbocycles. The minimum absolute atomic E-state index is 0.0259. The van der Waals surface area contributed by atoms with Gasteiger partial charge in [0.2, 0.25) is 5.91 Å². The number of H-pyrrole nitrogens is 1. The predicted octanol–water partition coefficient (Wildman–Crippen LogP) is 1.75. The standard InChI is InChI=1S/C22H26N4O3/c27-20-11-15-5-6-16(12-24-20)26(15)22(29)21(28)25-9-7-14(8-10-25)18-13-23-19-4-2-1-3-17(18)19/h1-4,13-16,23H,5-12H2,(H,24,27). The lowest BCUT2D eigenvalue weighted by Gasteiger charge is -2.34. The van der Waals surface area contributed by atoms with Crippen LogP contribution in [-0.2, 0) is 14.4 Å². The average molecular weight is 394 g/mol. The summed E-state index contributed by atoms with van der Waals surface area (Å²) in [6.45, 7) is 1.64. The molecule has 3 amide bonds. The topological polar surface area (TPSA) is 85.5 Å². The highest BCUT2D eigenvalue weighted by molar-refractivity contribution is 6.35. The van der Waals surface area contributed by atoms with Crippen LogP contribution in [0.1, 0.15) is 43.6 Å². The molecule has 1 aromatic carbocycles. The summed E-state index contributed by atoms with van der Waals surface area (Å²) in [6.07, 6.45) is 5.75. The Morgan fingerprint density at radius 3 is 2.55 bits per heavy atom. The van der Waals surface area contributed by atoms with Crippen LogP contribution in [0.25, 0.3) is 10.9 Å². The molecule has 3 fully saturated rings. The molecule has 4 heterocycles. The van der Waals surface area contributed by atoms with Crippen LogP contribution in [0.5, 0.6) is 0 Å². The van der Waals surface area contributed by atoms with E-state index in [0.717, 1.165) is 31.2 Å². The fraction of sp³-hybridized carbons (Fsp3) is 0.500. The molecule has 0 radical (unpaired) electrons. The first kappa shape index (κ1) is 18.2. The zero-order valence-electron chi connectivity index (χ0n) is 16.4. The van der Waals surface area contributed by atoms with E-state index in [4.69, 9.17) is 0 Å². The van der Waals surface area contributed by atoms with Gasteiger partial charge in [0.1, 0.15) is 0 Å². The predicted molar refractivity (Wildman–Crippen MR) is 108 cm³/mol. The monoisotopic (exact) mass is 394 g/mol. The largest absolute Gasteiger partial charge is 0.361 e. The van der Waals surface area contributed by atoms with Crippen LogP contribution >= 0.6 is 0 Å². The molecule has 2 bridgehead atoms. The lowest BCUT2D eigenvalue weighted by molar-refractivity contribution is -0.154. The Hall–Kier alpha value is -2.83. The molecule has 2 atom stereocenters. The molecular weight excluding hydrogens is 368 g/mol. The summed E-state index contributed by atoms with van der Waals surface area (Å²) in [5.74, 6) is -0.475. The molecule has 7 nitrogen and oxygen atoms in total. The summed E-state index contributed by atoms with van der Waals surface area (Å²) in [4.78, 5) is 44.5. The van der Waals surface area contributed by atoms with Gasteiger partial charge in [-0.2, -0.15) is 0 Å². The molecule has 152 valence electrons. The van der Waals surface area contributed by atoms with Crippen molar-refractivity contribution in [2.24, 2.45) is 0 Å². The van der Waals surface area contributed by atoms with Crippen LogP contribution in [-0.4, -0.2) is 64.2 Å². The van der Waals surface area contributed by atoms with Crippen molar-refractivity contribution in [3.8, 4) is 0 Å². The summed E-state index contributed by atoms with van der Waals surface area (Å²) in [6, 6.07) is 8.09. The average Bonchev–Trinajstić information content (AvgIpc) is 3.30. The number of nitrogens with one attached hydrogen (secondary N) is 2. The van der Waals surface area contributed by atoms with E-state index in [0.29, 0.717) is 32.0 Å². The van der Waals surface area contributed by atoms with E-state index in [1.165, 1.54) is 10.9 Å². The number of carbonyl (C=O) groups is 3. The van der Waals surface area contributed by atoms with Gasteiger partial charge in [0, 0.05) is 55.2 Å². The van der Waals surface area contributed by atoms with E-state index >= 15 is 0 Å². The lowest BCUT2D eigenvalue weighted by Crippen LogP contribution is -2.52. The fourth-order valence-electron chi connectivity index (χ4n) is 5.28. The van der Waals surface area contributed by atoms with Gasteiger partial charge in [0.05, 0.1) is 0 Å². The van der Waals surface area contributed by atoms with Crippen LogP contribution in [0.4, 0.5) is 0 Å². The van der Waals surface area contributed by atoms with Crippen molar-refractivity contribution in [3.05, 3.63) is 36.0 Å². The third kappa shape index (κ3) is 3.18. The third-order valence-electron chi connectivity index (χ3n) is 6.84. The Morgan fingerprint density at radius 2 is 1.72 bits per heavy atom. The fourth-order valence-corrected chi connectivity index (χ4v) is 5.28. The maximum Gasteiger partial charge on any atom is 0.312 e. The first-order valence-electron chi connectivity index (χ1n) is 10.6. The highest BCUT2D eigenvalue weighted by atomic mass is 16.2. The lowest BCUT2D eigenvalue weighted by atomic mass is 9.89. The zero-order chi connectivity index (χ0) is 20.0. The van der Waals surface area contributed by atoms with E-state index in [1.807, 2.05) is 12.1 Å². The highest BCUT2D eigenvalue weighted by Crippen LogP contribution is 2.34. The Morgan fingerprint density at radius 1 is 0.966 bits per heavy atom. The molecule has 2 unspecified atom stereocenters. The second kappa shape index (κ2) is 7.21. The first-order valence-corrected chi connectivity index (χ1v) is 10.6. The van der Waals surface area contributed by atoms with E-state index in [-0.39, 0.29) is 18.0 Å². The Bertz CT molecular complexity index is 960. The number of amides is 3. The van der Waals surface area contributed by atoms with Crippen LogP contribution in [0, 0.1) is 0 Å². The van der Waals surface area contributed by atoms with Crippen LogP contribution < -0.4 is 5.32 Å². The number of likely N-dealkylation sites (tertiary alicyclic amines) is 1. The Kier molecular flexibility index (Phi) is 4.53. The maximum atomic E-state index is 13.0. The molecule has 3 saturated heterocycles. The Balaban J connectivity index is 1.25. The van der Waals surface area contributed by atoms with E-state index < -0.39 is 11.8 Å². The van der Waals surface area contributed by atoms with Gasteiger partial charge < -0.3 is 20.1 Å². The van der Waals surface area contributed by atoms with Gasteiger partial charge in [-0.15, -0.1) is 0 Å². The number of rotatable bonds is 1. The number of nitrogens with zero attached hydrogens (tertiary/aromatic N) is 2. The summed E-state index contributed by atoms with van der Waals surface area (Å²) < 4.78 is 0. The Labute approximate surface area is 169 Å². The smallest absolute Gasteiger partial charge is 0.312 e. The summed E-state index contributed by atoms with van der Waals surface area (Å²) in [7, 11) is 0. The van der Waals surface area contributed by atoms with Crippen LogP contribution in [0.3, 0.4) is 0 Å². The summed E-state index contributed by atoms with van der Waals surface area (Å²) in [5, 5.41) is 4.10. The summed E-state index contributed by atoms with van der Waals surface area (Å²) >= 11 is 0. The van der Waals surface area contributed by atoms with Crippen molar-refractivity contribution in [2.75, 3.05) is 19.6 Å². The number of aromatic amines is 1. The number of fused-ring (bicyclic) bond motifs is 3. The molecule has 0 aliphatic carbocycles. The van der Waals surface area contributed by atoms with E-state index in [2.05, 4.69) is 28.6 Å². The maximum absolute atomic E-state index is 13.0. The van der Waals surface area contributed by atoms with Crippen molar-refractivity contribution in [3.63, 3.8) is 0 Å². The quantitative estimate of drug-likeness (QED) is 0.723. The van der Waals surface area contributed by atoms with Crippen molar-refractivity contribution >= 4 is 28.6 Å². The summed E-state index contributed by atoms with van der Waals surface area (Å²) in [5.41, 5.74) is 2.44. The number of benzene rings is 1. The van der Waals surface area contributed by atoms with E-state index in [1.54, 1.807) is 9.80 Å². The number of hydrogen-bond donors (Lipinski definition) is 2. The molecule has 3 aliphatic heterocycles. The van der Waals surface area contributed by atoms with Gasteiger partial charge in [-0.3, -0.25) is 14.4 Å². The number of carbonyl (C=O) groups excluding carboxylic acids is 3. The number of hydrogen-bond acceptors (Lipinski definition) is 3. The molecule has 5 rings (SSSR count). The van der Waals surface area contributed by atoms with Crippen molar-refractivity contribution in [1.82, 2.24) is 20.1 Å². The SMILES string of the molecule is O=C1CC2CCC(CN1)N2C(=O)C(=O)N1CCC(c2c[nH]c3ccccc23)CC1. The van der Waals surface area contributed by atoms with Gasteiger partial charge in [0.25, 0.3) is 0 Å². The second-order valence-electron chi connectivity index (χ2n) is 8.46. The molecule has 3 aliphatic rings. The van der Waals surface area contributed by atoms with Gasteiger partial charge >= 0.3 is 11.8 Å². The third-order valence-corrected chi connectivity index (χ3v) is 6.84. The van der Waals surface area contributed by atoms with Crippen molar-refractivity contribution < 1.29 is 14.4 Å². The van der Waals surface area contributed by atoms with Crippen molar-refractivity contribution in [2.45, 2.75) is 50.1 Å². The van der Waals surface area contributed by atoms with Crippen LogP contribution in [0.2, 0.25) is 0 Å². The number of piperidine rings is 1. The molecule has 7 heteroatoms. The molecule has 29 heavy (non-hydrogen) atoms. The zero-order valence-corrected chi connectivity index (χ0v) is 16.4. The minimum Gasteiger partial charge on any atom is -0.361 e. The van der Waals surface area contributed by atoms with Gasteiger partial charge in [-0.25, -0.2) is 0 Å². The van der Waals surface area contributed by atoms with E-state index in [9.17, 15) is 14.4 Å². The number of aromatic nitrogens is 1. The van der Waals surface area contributed by atoms with Gasteiger partial charge in [0.15, 0.2) is 0 Å². The van der Waals surface area contributed by atoms with Gasteiger partial charge in [-0.1, -0.05) is 18.2 Å². The normalized spacial score (nSPS) is 25.2. The molecule has 2 aromatic rings. The minimum atomic E-state index is -0.431. The van der Waals surface area contributed by atoms with Crippen molar-refractivity contribution in [1.29, 1.82) is 0 Å². The molecular formula is C22H26N4O3. The first-order chi connectivity index (χ1) is 14.1. The molecule has 1 aromatic heterocycles. The highest BCUT2D eigenvalue weighted by Gasteiger charge is 2.43. The number of para-hydroxylation sites is 1. The van der Waals surface area contributed by atoms with Crippen LogP contribution in [0.15, 0.2) is 30.5 Å². The molecule has 0 spiro atoms. The van der Waals surface area contributed by atoms with Gasteiger partial charge in [-0.05, 0) is 43.2 Å².